The maximum atomic E-state index is 13.2. The zero-order valence-electron chi connectivity index (χ0n) is 21.9. The molecule has 4 nitrogen and oxygen atoms in total. The molecule has 0 aliphatic carbocycles. The second-order valence-corrected chi connectivity index (χ2v) is 12.0. The highest BCUT2D eigenvalue weighted by molar-refractivity contribution is 7.99. The highest BCUT2D eigenvalue weighted by Crippen LogP contribution is 2.38. The zero-order valence-corrected chi connectivity index (χ0v) is 22.7. The lowest BCUT2D eigenvalue weighted by atomic mass is 9.81. The Kier molecular flexibility index (Phi) is 7.45. The summed E-state index contributed by atoms with van der Waals surface area (Å²) in [7, 11) is 0. The standard InChI is InChI=1S/C32H36N2O2S/c1-21-4-8-24(9-5-21)25-10-13-29-27(19-25)20-26(14-16-36-29)31(35)34-28-11-6-23(7-12-28)18-30-22(2)32(3,33)15-17-37-30/h4-13,19-20,22,30H,14-18,33H2,1-3H3,(H,34,35). The van der Waals surface area contributed by atoms with E-state index >= 15 is 0 Å². The fraction of sp³-hybridized carbons (Fsp3) is 0.344. The van der Waals surface area contributed by atoms with Crippen molar-refractivity contribution in [3.05, 3.63) is 89.0 Å². The summed E-state index contributed by atoms with van der Waals surface area (Å²) in [4.78, 5) is 13.2. The smallest absolute Gasteiger partial charge is 0.251 e. The molecule has 2 heterocycles. The van der Waals surface area contributed by atoms with Crippen molar-refractivity contribution in [3.8, 4) is 16.9 Å². The van der Waals surface area contributed by atoms with Crippen LogP contribution in [0.25, 0.3) is 17.2 Å². The summed E-state index contributed by atoms with van der Waals surface area (Å²) in [5.74, 6) is 2.31. The predicted molar refractivity (Wildman–Crippen MR) is 156 cm³/mol. The van der Waals surface area contributed by atoms with Gasteiger partial charge in [-0.1, -0.05) is 55.0 Å². The molecule has 5 heteroatoms. The van der Waals surface area contributed by atoms with Gasteiger partial charge in [-0.05, 0) is 85.4 Å². The third-order valence-electron chi connectivity index (χ3n) is 7.86. The maximum Gasteiger partial charge on any atom is 0.251 e. The molecule has 5 rings (SSSR count). The second kappa shape index (κ2) is 10.8. The third-order valence-corrected chi connectivity index (χ3v) is 9.31. The molecule has 0 aromatic heterocycles. The molecule has 0 radical (unpaired) electrons. The van der Waals surface area contributed by atoms with Gasteiger partial charge in [-0.3, -0.25) is 4.79 Å². The summed E-state index contributed by atoms with van der Waals surface area (Å²) < 4.78 is 5.96. The minimum atomic E-state index is -0.0977. The van der Waals surface area contributed by atoms with Crippen LogP contribution in [0.1, 0.15) is 43.4 Å². The Morgan fingerprint density at radius 2 is 1.81 bits per heavy atom. The van der Waals surface area contributed by atoms with Gasteiger partial charge in [-0.2, -0.15) is 11.8 Å². The molecule has 37 heavy (non-hydrogen) atoms. The van der Waals surface area contributed by atoms with Gasteiger partial charge in [0.2, 0.25) is 0 Å². The molecule has 3 unspecified atom stereocenters. The van der Waals surface area contributed by atoms with Crippen LogP contribution in [-0.4, -0.2) is 29.1 Å². The van der Waals surface area contributed by atoms with Crippen LogP contribution in [0.2, 0.25) is 0 Å². The van der Waals surface area contributed by atoms with E-state index in [2.05, 4.69) is 74.6 Å². The SMILES string of the molecule is Cc1ccc(-c2ccc3c(c2)C=C(C(=O)Nc2ccc(CC4SCCC(C)(N)C4C)cc2)CCO3)cc1. The van der Waals surface area contributed by atoms with Gasteiger partial charge in [0.1, 0.15) is 5.75 Å². The van der Waals surface area contributed by atoms with E-state index in [9.17, 15) is 4.79 Å². The Labute approximate surface area is 224 Å². The quantitative estimate of drug-likeness (QED) is 0.392. The van der Waals surface area contributed by atoms with Gasteiger partial charge < -0.3 is 15.8 Å². The average Bonchev–Trinajstić information content (AvgIpc) is 3.10. The molecule has 1 amide bonds. The average molecular weight is 513 g/mol. The molecule has 2 aliphatic rings. The molecule has 2 aliphatic heterocycles. The van der Waals surface area contributed by atoms with Gasteiger partial charge in [-0.25, -0.2) is 0 Å². The number of carbonyl (C=O) groups is 1. The van der Waals surface area contributed by atoms with E-state index in [1.54, 1.807) is 0 Å². The Hall–Kier alpha value is -3.02. The Morgan fingerprint density at radius 1 is 1.08 bits per heavy atom. The number of amides is 1. The molecular weight excluding hydrogens is 476 g/mol. The normalized spacial score (nSPS) is 23.3. The predicted octanol–water partition coefficient (Wildman–Crippen LogP) is 6.87. The van der Waals surface area contributed by atoms with E-state index in [0.717, 1.165) is 52.3 Å². The largest absolute Gasteiger partial charge is 0.493 e. The van der Waals surface area contributed by atoms with Crippen LogP contribution < -0.4 is 15.8 Å². The molecule has 0 bridgehead atoms. The zero-order chi connectivity index (χ0) is 26.0. The lowest BCUT2D eigenvalue weighted by molar-refractivity contribution is -0.113. The van der Waals surface area contributed by atoms with Crippen molar-refractivity contribution in [1.82, 2.24) is 0 Å². The van der Waals surface area contributed by atoms with Crippen LogP contribution in [-0.2, 0) is 11.2 Å². The number of thioether (sulfide) groups is 1. The van der Waals surface area contributed by atoms with Crippen molar-refractivity contribution in [2.24, 2.45) is 11.7 Å². The number of benzene rings is 3. The van der Waals surface area contributed by atoms with Crippen molar-refractivity contribution in [2.45, 2.75) is 50.8 Å². The first-order valence-electron chi connectivity index (χ1n) is 13.1. The highest BCUT2D eigenvalue weighted by atomic mass is 32.2. The molecule has 0 saturated carbocycles. The second-order valence-electron chi connectivity index (χ2n) is 10.7. The summed E-state index contributed by atoms with van der Waals surface area (Å²) in [5, 5.41) is 3.61. The number of fused-ring (bicyclic) bond motifs is 1. The monoisotopic (exact) mass is 512 g/mol. The van der Waals surface area contributed by atoms with Crippen molar-refractivity contribution < 1.29 is 9.53 Å². The van der Waals surface area contributed by atoms with E-state index < -0.39 is 0 Å². The molecule has 192 valence electrons. The number of anilines is 1. The Balaban J connectivity index is 1.28. The Bertz CT molecular complexity index is 1300. The van der Waals surface area contributed by atoms with Crippen LogP contribution in [0.3, 0.4) is 0 Å². The van der Waals surface area contributed by atoms with Crippen LogP contribution in [0.5, 0.6) is 5.75 Å². The number of ether oxygens (including phenoxy) is 1. The number of carbonyl (C=O) groups excluding carboxylic acids is 1. The number of rotatable bonds is 5. The Morgan fingerprint density at radius 3 is 2.57 bits per heavy atom. The molecule has 1 fully saturated rings. The topological polar surface area (TPSA) is 64.4 Å². The van der Waals surface area contributed by atoms with Gasteiger partial charge in [0.25, 0.3) is 5.91 Å². The lowest BCUT2D eigenvalue weighted by Crippen LogP contribution is -2.50. The lowest BCUT2D eigenvalue weighted by Gasteiger charge is -2.41. The van der Waals surface area contributed by atoms with Crippen LogP contribution in [0.4, 0.5) is 5.69 Å². The number of hydrogen-bond donors (Lipinski definition) is 2. The van der Waals surface area contributed by atoms with E-state index in [1.165, 1.54) is 11.1 Å². The minimum Gasteiger partial charge on any atom is -0.493 e. The van der Waals surface area contributed by atoms with Crippen molar-refractivity contribution in [1.29, 1.82) is 0 Å². The number of aryl methyl sites for hydroxylation is 1. The molecule has 3 aromatic carbocycles. The van der Waals surface area contributed by atoms with Crippen LogP contribution in [0.15, 0.2) is 72.3 Å². The molecule has 3 N–H and O–H groups in total. The van der Waals surface area contributed by atoms with Gasteiger partial charge in [-0.15, -0.1) is 0 Å². The molecule has 3 aromatic rings. The summed E-state index contributed by atoms with van der Waals surface area (Å²) in [6, 6.07) is 22.9. The number of nitrogens with two attached hydrogens (primary N) is 1. The van der Waals surface area contributed by atoms with Crippen molar-refractivity contribution >= 4 is 29.4 Å². The van der Waals surface area contributed by atoms with Crippen molar-refractivity contribution in [2.75, 3.05) is 17.7 Å². The molecule has 1 saturated heterocycles. The van der Waals surface area contributed by atoms with Crippen molar-refractivity contribution in [3.63, 3.8) is 0 Å². The van der Waals surface area contributed by atoms with E-state index in [0.29, 0.717) is 24.2 Å². The molecular formula is C32H36N2O2S. The van der Waals surface area contributed by atoms with E-state index in [1.807, 2.05) is 36.0 Å². The van der Waals surface area contributed by atoms with Gasteiger partial charge in [0, 0.05) is 34.0 Å². The van der Waals surface area contributed by atoms with Crippen LogP contribution >= 0.6 is 11.8 Å². The van der Waals surface area contributed by atoms with Gasteiger partial charge in [0.05, 0.1) is 6.61 Å². The summed E-state index contributed by atoms with van der Waals surface area (Å²) in [5.41, 5.74) is 13.7. The first-order chi connectivity index (χ1) is 17.8. The highest BCUT2D eigenvalue weighted by Gasteiger charge is 2.36. The maximum absolute atomic E-state index is 13.2. The van der Waals surface area contributed by atoms with Gasteiger partial charge >= 0.3 is 0 Å². The summed E-state index contributed by atoms with van der Waals surface area (Å²) in [6.45, 7) is 7.02. The summed E-state index contributed by atoms with van der Waals surface area (Å²) >= 11 is 2.03. The third kappa shape index (κ3) is 5.94. The number of hydrogen-bond acceptors (Lipinski definition) is 4. The molecule has 3 atom stereocenters. The van der Waals surface area contributed by atoms with E-state index in [4.69, 9.17) is 10.5 Å². The minimum absolute atomic E-state index is 0.0831. The first kappa shape index (κ1) is 25.6. The van der Waals surface area contributed by atoms with Crippen LogP contribution in [0, 0.1) is 12.8 Å². The summed E-state index contributed by atoms with van der Waals surface area (Å²) in [6.07, 6.45) is 4.59. The fourth-order valence-corrected chi connectivity index (χ4v) is 6.83. The number of nitrogens with one attached hydrogen (secondary N) is 1. The van der Waals surface area contributed by atoms with E-state index in [-0.39, 0.29) is 11.4 Å². The molecule has 0 spiro atoms. The first-order valence-corrected chi connectivity index (χ1v) is 14.2. The fourth-order valence-electron chi connectivity index (χ4n) is 5.06. The van der Waals surface area contributed by atoms with Gasteiger partial charge in [0.15, 0.2) is 0 Å².